The van der Waals surface area contributed by atoms with E-state index in [0.29, 0.717) is 22.4 Å². The fourth-order valence-electron chi connectivity index (χ4n) is 3.58. The van der Waals surface area contributed by atoms with E-state index in [1.54, 1.807) is 37.3 Å². The summed E-state index contributed by atoms with van der Waals surface area (Å²) in [7, 11) is 0. The number of nitro groups is 1. The summed E-state index contributed by atoms with van der Waals surface area (Å²) < 4.78 is 0. The minimum absolute atomic E-state index is 0.0231. The smallest absolute Gasteiger partial charge is 0.338 e. The first-order valence-corrected chi connectivity index (χ1v) is 13.3. The van der Waals surface area contributed by atoms with E-state index in [-0.39, 0.29) is 16.9 Å². The van der Waals surface area contributed by atoms with Crippen LogP contribution < -0.4 is 17.2 Å². The van der Waals surface area contributed by atoms with Gasteiger partial charge >= 0.3 is 5.97 Å². The number of rotatable bonds is 2. The molecule has 0 bridgehead atoms. The number of hydrogen-bond acceptors (Lipinski definition) is 11. The molecule has 6 aromatic rings. The van der Waals surface area contributed by atoms with Gasteiger partial charge in [0.1, 0.15) is 27.8 Å². The summed E-state index contributed by atoms with van der Waals surface area (Å²) >= 11 is 0. The van der Waals surface area contributed by atoms with Crippen LogP contribution in [0.4, 0.5) is 22.7 Å². The summed E-state index contributed by atoms with van der Waals surface area (Å²) in [4.78, 5) is 29.4. The van der Waals surface area contributed by atoms with Crippen LogP contribution in [0.5, 0.6) is 0 Å². The Labute approximate surface area is 262 Å². The van der Waals surface area contributed by atoms with Crippen molar-refractivity contribution in [1.82, 2.24) is 30.8 Å². The lowest BCUT2D eigenvalue weighted by Crippen LogP contribution is -1.96. The Hall–Kier alpha value is -6.58. The van der Waals surface area contributed by atoms with Crippen LogP contribution in [0.25, 0.3) is 22.1 Å². The van der Waals surface area contributed by atoms with E-state index in [2.05, 4.69) is 30.8 Å². The largest absolute Gasteiger partial charge is 0.481 e. The third-order valence-corrected chi connectivity index (χ3v) is 5.98. The highest BCUT2D eigenvalue weighted by atomic mass is 16.6. The van der Waals surface area contributed by atoms with Gasteiger partial charge in [-0.3, -0.25) is 14.9 Å². The number of nitrogens with zero attached hydrogens (tertiary/aromatic N) is 5. The number of aliphatic carboxylic acids is 1. The number of nitrogens with one attached hydrogen (secondary N) is 2. The molecule has 0 aliphatic heterocycles. The molecule has 4 aromatic carbocycles. The topological polar surface area (TPSA) is 279 Å². The van der Waals surface area contributed by atoms with Crippen molar-refractivity contribution in [2.45, 2.75) is 27.7 Å². The van der Waals surface area contributed by atoms with Crippen LogP contribution in [0.1, 0.15) is 34.0 Å². The molecule has 0 aliphatic rings. The number of hydrogen-bond donors (Lipinski definition) is 7. The highest BCUT2D eigenvalue weighted by Crippen LogP contribution is 2.23. The summed E-state index contributed by atoms with van der Waals surface area (Å²) in [6, 6.07) is 21.1. The normalized spacial score (nSPS) is 9.65. The molecule has 2 aromatic heterocycles. The zero-order valence-electron chi connectivity index (χ0n) is 25.4. The third kappa shape index (κ3) is 10.3. The van der Waals surface area contributed by atoms with Crippen molar-refractivity contribution < 1.29 is 24.7 Å². The van der Waals surface area contributed by atoms with Crippen LogP contribution in [-0.4, -0.2) is 57.9 Å². The number of nitrogen functional groups attached to an aromatic ring is 3. The second-order valence-electron chi connectivity index (χ2n) is 9.43. The summed E-state index contributed by atoms with van der Waals surface area (Å²) in [6.45, 7) is 6.78. The van der Waals surface area contributed by atoms with E-state index in [0.717, 1.165) is 34.6 Å². The van der Waals surface area contributed by atoms with Crippen molar-refractivity contribution in [2.75, 3.05) is 17.2 Å². The molecule has 0 saturated heterocycles. The van der Waals surface area contributed by atoms with Crippen LogP contribution in [0.3, 0.4) is 0 Å². The molecule has 2 heterocycles. The summed E-state index contributed by atoms with van der Waals surface area (Å²) in [5.41, 5.74) is 24.0. The van der Waals surface area contributed by atoms with Crippen molar-refractivity contribution >= 4 is 56.8 Å². The highest BCUT2D eigenvalue weighted by Gasteiger charge is 2.11. The Bertz CT molecular complexity index is 1910. The first-order chi connectivity index (χ1) is 21.7. The van der Waals surface area contributed by atoms with Crippen molar-refractivity contribution in [1.29, 1.82) is 0 Å². The Morgan fingerprint density at radius 1 is 0.696 bits per heavy atom. The standard InChI is InChI=1S/C7H5N3O2.C7H7N3.C7H8N2O2.C7H10N2.C2H4O2/c11-7(12)4-2-1-3-5-6(4)9-10-8-5;1-5-3-2-4-6-7(5)9-10-8-6;1-5-3-2-4-6(7(5)8)9(10)11;1-5-3-2-4-6(8)7(5)9;1-2(3)4/h1-3H,(H,11,12)(H,8,9,10);2-4H,1H3,(H,8,9,10);2-4H,8H2,1H3;2-4H,8-9H2,1H3;1H3,(H,3,4). The van der Waals surface area contributed by atoms with Gasteiger partial charge in [-0.1, -0.05) is 42.5 Å². The van der Waals surface area contributed by atoms with E-state index in [9.17, 15) is 14.9 Å². The van der Waals surface area contributed by atoms with Gasteiger partial charge in [0.2, 0.25) is 0 Å². The van der Waals surface area contributed by atoms with Gasteiger partial charge in [0, 0.05) is 13.0 Å². The molecule has 0 aliphatic carbocycles. The summed E-state index contributed by atoms with van der Waals surface area (Å²) in [5, 5.41) is 46.8. The van der Waals surface area contributed by atoms with E-state index in [4.69, 9.17) is 32.2 Å². The van der Waals surface area contributed by atoms with Crippen molar-refractivity contribution in [3.05, 3.63) is 105 Å². The van der Waals surface area contributed by atoms with Gasteiger partial charge in [-0.25, -0.2) is 4.79 Å². The minimum atomic E-state index is -0.991. The number of H-pyrrole nitrogens is 2. The average molecular weight is 631 g/mol. The van der Waals surface area contributed by atoms with Crippen LogP contribution in [0.2, 0.25) is 0 Å². The van der Waals surface area contributed by atoms with Gasteiger partial charge in [0.15, 0.2) is 0 Å². The third-order valence-electron chi connectivity index (χ3n) is 5.98. The van der Waals surface area contributed by atoms with Gasteiger partial charge in [-0.2, -0.15) is 30.8 Å². The van der Waals surface area contributed by atoms with Crippen LogP contribution in [0, 0.1) is 30.9 Å². The van der Waals surface area contributed by atoms with Gasteiger partial charge in [0.05, 0.1) is 21.9 Å². The molecule has 0 radical (unpaired) electrons. The Morgan fingerprint density at radius 2 is 1.15 bits per heavy atom. The molecule has 16 heteroatoms. The van der Waals surface area contributed by atoms with Crippen LogP contribution in [0.15, 0.2) is 72.8 Å². The summed E-state index contributed by atoms with van der Waals surface area (Å²) in [6.07, 6.45) is 0. The number of nitro benzene ring substituents is 1. The zero-order valence-corrected chi connectivity index (χ0v) is 25.4. The second-order valence-corrected chi connectivity index (χ2v) is 9.43. The first-order valence-electron chi connectivity index (χ1n) is 13.3. The highest BCUT2D eigenvalue weighted by molar-refractivity contribution is 6.00. The number of fused-ring (bicyclic) bond motifs is 2. The molecule has 6 rings (SSSR count). The number of aromatic amines is 2. The molecule has 0 saturated carbocycles. The summed E-state index contributed by atoms with van der Waals surface area (Å²) in [5.74, 6) is -1.82. The SMILES string of the molecule is CC(=O)O.Cc1cccc(N)c1N.Cc1cccc([N+](=O)[O-])c1N.Cc1cccc2n[nH]nc12.O=C(O)c1cccc2n[nH]nc12. The number of anilines is 3. The van der Waals surface area contributed by atoms with Gasteiger partial charge in [-0.15, -0.1) is 0 Å². The van der Waals surface area contributed by atoms with Crippen molar-refractivity contribution in [3.63, 3.8) is 0 Å². The predicted molar refractivity (Wildman–Crippen MR) is 175 cm³/mol. The van der Waals surface area contributed by atoms with Crippen molar-refractivity contribution in [2.24, 2.45) is 0 Å². The number of carboxylic acid groups (broad SMARTS) is 2. The number of aryl methyl sites for hydroxylation is 3. The molecule has 10 N–H and O–H groups in total. The maximum atomic E-state index is 10.6. The molecule has 0 atom stereocenters. The molecule has 16 nitrogen and oxygen atoms in total. The lowest BCUT2D eigenvalue weighted by molar-refractivity contribution is -0.383. The number of nitrogens with two attached hydrogens (primary N) is 3. The maximum absolute atomic E-state index is 10.6. The van der Waals surface area contributed by atoms with Gasteiger partial charge < -0.3 is 27.4 Å². The fraction of sp³-hybridized carbons (Fsp3) is 0.133. The molecule has 0 amide bonds. The number of carbonyl (C=O) groups is 2. The number of aromatic nitrogens is 6. The lowest BCUT2D eigenvalue weighted by atomic mass is 10.2. The van der Waals surface area contributed by atoms with E-state index >= 15 is 0 Å². The molecule has 46 heavy (non-hydrogen) atoms. The number of benzene rings is 4. The molecular weight excluding hydrogens is 596 g/mol. The molecule has 240 valence electrons. The van der Waals surface area contributed by atoms with Gasteiger partial charge in [0.25, 0.3) is 11.7 Å². The Balaban J connectivity index is 0.000000206. The molecule has 0 spiro atoms. The quantitative estimate of drug-likeness (QED) is 0.0779. The zero-order chi connectivity index (χ0) is 34.4. The predicted octanol–water partition coefficient (Wildman–Crippen LogP) is 4.66. The first kappa shape index (κ1) is 35.6. The minimum Gasteiger partial charge on any atom is -0.481 e. The van der Waals surface area contributed by atoms with Crippen LogP contribution in [-0.2, 0) is 4.79 Å². The average Bonchev–Trinajstić information content (AvgIpc) is 3.68. The Kier molecular flexibility index (Phi) is 13.1. The monoisotopic (exact) mass is 630 g/mol. The number of carboxylic acids is 2. The number of para-hydroxylation sites is 4. The van der Waals surface area contributed by atoms with E-state index < -0.39 is 16.9 Å². The van der Waals surface area contributed by atoms with Gasteiger partial charge in [-0.05, 0) is 61.7 Å². The lowest BCUT2D eigenvalue weighted by Gasteiger charge is -2.00. The number of aromatic carboxylic acids is 1. The van der Waals surface area contributed by atoms with Crippen molar-refractivity contribution in [3.8, 4) is 0 Å². The molecular formula is C30H34N10O6. The fourth-order valence-corrected chi connectivity index (χ4v) is 3.58. The maximum Gasteiger partial charge on any atom is 0.338 e. The van der Waals surface area contributed by atoms with Crippen LogP contribution >= 0.6 is 0 Å². The Morgan fingerprint density at radius 3 is 1.63 bits per heavy atom. The second kappa shape index (κ2) is 16.9. The van der Waals surface area contributed by atoms with E-state index in [1.165, 1.54) is 12.1 Å². The van der Waals surface area contributed by atoms with E-state index in [1.807, 2.05) is 44.2 Å². The molecule has 0 fully saturated rings. The molecule has 0 unspecified atom stereocenters.